The van der Waals surface area contributed by atoms with Crippen molar-refractivity contribution >= 4 is 0 Å². The topological polar surface area (TPSA) is 38.0 Å². The van der Waals surface area contributed by atoms with Crippen molar-refractivity contribution in [3.05, 3.63) is 12.3 Å². The van der Waals surface area contributed by atoms with Gasteiger partial charge in [0.05, 0.1) is 6.04 Å². The molecule has 1 saturated carbocycles. The Hall–Kier alpha value is -0.570. The Morgan fingerprint density at radius 3 is 2.75 bits per heavy atom. The van der Waals surface area contributed by atoms with E-state index >= 15 is 0 Å². The molecule has 1 aliphatic carbocycles. The monoisotopic (exact) mass is 172 g/mol. The molecule has 0 amide bonds. The first-order valence-electron chi connectivity index (χ1n) is 4.41. The lowest BCUT2D eigenvalue weighted by atomic mass is 9.90. The highest BCUT2D eigenvalue weighted by atomic mass is 19.1. The van der Waals surface area contributed by atoms with Gasteiger partial charge in [-0.2, -0.15) is 0 Å². The number of hydrogen-bond acceptors (Lipinski definition) is 2. The Labute approximate surface area is 73.0 Å². The summed E-state index contributed by atoms with van der Waals surface area (Å²) in [7, 11) is 0. The molecule has 70 valence electrons. The summed E-state index contributed by atoms with van der Waals surface area (Å²) >= 11 is 0. The first-order chi connectivity index (χ1) is 5.59. The second-order valence-corrected chi connectivity index (χ2v) is 3.62. The molecule has 3 heteroatoms. The van der Waals surface area contributed by atoms with Crippen molar-refractivity contribution in [3.63, 3.8) is 0 Å². The van der Waals surface area contributed by atoms with Gasteiger partial charge >= 0.3 is 0 Å². The third-order valence-corrected chi connectivity index (χ3v) is 2.24. The largest absolute Gasteiger partial charge is 0.383 e. The molecular formula is C9H17FN2. The van der Waals surface area contributed by atoms with Crippen molar-refractivity contribution in [2.75, 3.05) is 0 Å². The summed E-state index contributed by atoms with van der Waals surface area (Å²) < 4.78 is 13.3. The maximum Gasteiger partial charge on any atom is 0.122 e. The number of hydrogen-bond donors (Lipinski definition) is 2. The highest BCUT2D eigenvalue weighted by Crippen LogP contribution is 2.21. The average Bonchev–Trinajstić information content (AvgIpc) is 1.94. The molecular weight excluding hydrogens is 155 g/mol. The minimum absolute atomic E-state index is 0.0446. The molecule has 12 heavy (non-hydrogen) atoms. The van der Waals surface area contributed by atoms with Gasteiger partial charge in [-0.3, -0.25) is 0 Å². The minimum Gasteiger partial charge on any atom is -0.383 e. The zero-order chi connectivity index (χ0) is 9.14. The Balaban J connectivity index is 2.39. The Bertz CT molecular complexity index is 170. The van der Waals surface area contributed by atoms with Gasteiger partial charge in [0.25, 0.3) is 0 Å². The molecule has 0 bridgehead atoms. The molecule has 0 saturated heterocycles. The summed E-state index contributed by atoms with van der Waals surface area (Å²) in [5.74, 6) is 0. The summed E-state index contributed by atoms with van der Waals surface area (Å²) in [5.41, 5.74) is 6.46. The van der Waals surface area contributed by atoms with E-state index in [-0.39, 0.29) is 12.1 Å². The van der Waals surface area contributed by atoms with Gasteiger partial charge in [-0.25, -0.2) is 4.39 Å². The van der Waals surface area contributed by atoms with Crippen LogP contribution in [-0.4, -0.2) is 18.3 Å². The maximum atomic E-state index is 13.3. The van der Waals surface area contributed by atoms with Crippen LogP contribution >= 0.6 is 0 Å². The van der Waals surface area contributed by atoms with Crippen molar-refractivity contribution in [1.29, 1.82) is 0 Å². The number of allylic oxidation sites excluding steroid dienone is 1. The SMILES string of the molecule is C=C(C)NC1CCC(N)CC1F. The summed E-state index contributed by atoms with van der Waals surface area (Å²) in [5, 5.41) is 3.03. The van der Waals surface area contributed by atoms with Crippen LogP contribution in [0, 0.1) is 0 Å². The lowest BCUT2D eigenvalue weighted by molar-refractivity contribution is 0.183. The number of halogens is 1. The van der Waals surface area contributed by atoms with Crippen molar-refractivity contribution in [3.8, 4) is 0 Å². The van der Waals surface area contributed by atoms with Crippen LogP contribution in [0.2, 0.25) is 0 Å². The first-order valence-corrected chi connectivity index (χ1v) is 4.41. The van der Waals surface area contributed by atoms with Gasteiger partial charge in [0, 0.05) is 11.7 Å². The molecule has 0 radical (unpaired) electrons. The van der Waals surface area contributed by atoms with E-state index in [1.165, 1.54) is 0 Å². The van der Waals surface area contributed by atoms with Crippen LogP contribution in [0.25, 0.3) is 0 Å². The van der Waals surface area contributed by atoms with Gasteiger partial charge in [0.1, 0.15) is 6.17 Å². The molecule has 1 rings (SSSR count). The summed E-state index contributed by atoms with van der Waals surface area (Å²) in [6, 6.07) is -0.0227. The number of nitrogens with one attached hydrogen (secondary N) is 1. The van der Waals surface area contributed by atoms with E-state index in [2.05, 4.69) is 11.9 Å². The van der Waals surface area contributed by atoms with Crippen molar-refractivity contribution in [2.45, 2.75) is 44.4 Å². The maximum absolute atomic E-state index is 13.3. The molecule has 0 aromatic rings. The fourth-order valence-electron chi connectivity index (χ4n) is 1.62. The third-order valence-electron chi connectivity index (χ3n) is 2.24. The first kappa shape index (κ1) is 9.52. The Kier molecular flexibility index (Phi) is 3.09. The average molecular weight is 172 g/mol. The molecule has 3 N–H and O–H groups in total. The van der Waals surface area contributed by atoms with Crippen LogP contribution in [0.1, 0.15) is 26.2 Å². The zero-order valence-electron chi connectivity index (χ0n) is 7.52. The molecule has 1 fully saturated rings. The van der Waals surface area contributed by atoms with Crippen LogP contribution in [0.15, 0.2) is 12.3 Å². The minimum atomic E-state index is -0.814. The second-order valence-electron chi connectivity index (χ2n) is 3.62. The molecule has 0 aromatic carbocycles. The molecule has 0 heterocycles. The van der Waals surface area contributed by atoms with Crippen molar-refractivity contribution in [2.24, 2.45) is 5.73 Å². The van der Waals surface area contributed by atoms with Crippen molar-refractivity contribution < 1.29 is 4.39 Å². The summed E-state index contributed by atoms with van der Waals surface area (Å²) in [6.45, 7) is 5.54. The standard InChI is InChI=1S/C9H17FN2/c1-6(2)12-9-4-3-7(11)5-8(9)10/h7-9,12H,1,3-5,11H2,2H3. The van der Waals surface area contributed by atoms with E-state index < -0.39 is 6.17 Å². The van der Waals surface area contributed by atoms with Gasteiger partial charge in [0.15, 0.2) is 0 Å². The van der Waals surface area contributed by atoms with Gasteiger partial charge in [-0.1, -0.05) is 6.58 Å². The predicted octanol–water partition coefficient (Wildman–Crippen LogP) is 1.33. The normalized spacial score (nSPS) is 36.1. The van der Waals surface area contributed by atoms with Crippen LogP contribution in [0.3, 0.4) is 0 Å². The molecule has 3 atom stereocenters. The van der Waals surface area contributed by atoms with Crippen molar-refractivity contribution in [1.82, 2.24) is 5.32 Å². The van der Waals surface area contributed by atoms with Gasteiger partial charge in [-0.15, -0.1) is 0 Å². The van der Waals surface area contributed by atoms with E-state index in [0.717, 1.165) is 18.5 Å². The van der Waals surface area contributed by atoms with Crippen LogP contribution in [0.4, 0.5) is 4.39 Å². The molecule has 0 aromatic heterocycles. The highest BCUT2D eigenvalue weighted by molar-refractivity contribution is 4.95. The molecule has 1 aliphatic rings. The fourth-order valence-corrected chi connectivity index (χ4v) is 1.62. The molecule has 0 aliphatic heterocycles. The quantitative estimate of drug-likeness (QED) is 0.659. The van der Waals surface area contributed by atoms with Gasteiger partial charge in [0.2, 0.25) is 0 Å². The zero-order valence-corrected chi connectivity index (χ0v) is 7.52. The smallest absolute Gasteiger partial charge is 0.122 e. The summed E-state index contributed by atoms with van der Waals surface area (Å²) in [4.78, 5) is 0. The molecule has 3 unspecified atom stereocenters. The Morgan fingerprint density at radius 1 is 1.58 bits per heavy atom. The van der Waals surface area contributed by atoms with Crippen LogP contribution < -0.4 is 11.1 Å². The Morgan fingerprint density at radius 2 is 2.25 bits per heavy atom. The number of alkyl halides is 1. The highest BCUT2D eigenvalue weighted by Gasteiger charge is 2.28. The van der Waals surface area contributed by atoms with Gasteiger partial charge in [-0.05, 0) is 26.2 Å². The van der Waals surface area contributed by atoms with E-state index in [1.54, 1.807) is 0 Å². The van der Waals surface area contributed by atoms with E-state index in [1.807, 2.05) is 6.92 Å². The van der Waals surface area contributed by atoms with Gasteiger partial charge < -0.3 is 11.1 Å². The lowest BCUT2D eigenvalue weighted by Gasteiger charge is -2.31. The predicted molar refractivity (Wildman–Crippen MR) is 48.5 cm³/mol. The number of rotatable bonds is 2. The van der Waals surface area contributed by atoms with Crippen LogP contribution in [-0.2, 0) is 0 Å². The molecule has 0 spiro atoms. The van der Waals surface area contributed by atoms with E-state index in [0.29, 0.717) is 6.42 Å². The van der Waals surface area contributed by atoms with E-state index in [9.17, 15) is 4.39 Å². The van der Waals surface area contributed by atoms with Crippen LogP contribution in [0.5, 0.6) is 0 Å². The van der Waals surface area contributed by atoms with E-state index in [4.69, 9.17) is 5.73 Å². The fraction of sp³-hybridized carbons (Fsp3) is 0.778. The number of nitrogens with two attached hydrogens (primary N) is 1. The third kappa shape index (κ3) is 2.48. The lowest BCUT2D eigenvalue weighted by Crippen LogP contribution is -2.44. The second kappa shape index (κ2) is 3.90. The summed E-state index contributed by atoms with van der Waals surface area (Å²) in [6.07, 6.45) is 1.39. The molecule has 2 nitrogen and oxygen atoms in total.